The van der Waals surface area contributed by atoms with E-state index in [1.165, 1.54) is 17.0 Å². The number of carbonyl (C=O) groups excluding carboxylic acids is 1. The van der Waals surface area contributed by atoms with E-state index in [1.807, 2.05) is 52.6 Å². The first-order valence-corrected chi connectivity index (χ1v) is 17.0. The molecule has 0 bridgehead atoms. The van der Waals surface area contributed by atoms with Gasteiger partial charge in [-0.1, -0.05) is 82.8 Å². The van der Waals surface area contributed by atoms with E-state index in [2.05, 4.69) is 90.1 Å². The second-order valence-electron chi connectivity index (χ2n) is 12.4. The Bertz CT molecular complexity index is 1910. The van der Waals surface area contributed by atoms with E-state index >= 15 is 0 Å². The zero-order valence-corrected chi connectivity index (χ0v) is 32.1. The van der Waals surface area contributed by atoms with Crippen LogP contribution in [0.2, 0.25) is 0 Å². The van der Waals surface area contributed by atoms with Gasteiger partial charge in [0.1, 0.15) is 0 Å². The van der Waals surface area contributed by atoms with Gasteiger partial charge in [0.05, 0.1) is 16.8 Å². The smallest absolute Gasteiger partial charge is 0.180 e. The number of hydrogen-bond acceptors (Lipinski definition) is 4. The van der Waals surface area contributed by atoms with Gasteiger partial charge in [0, 0.05) is 64.0 Å². The molecule has 5 aromatic rings. The van der Waals surface area contributed by atoms with E-state index in [0.29, 0.717) is 5.92 Å². The summed E-state index contributed by atoms with van der Waals surface area (Å²) in [5.41, 5.74) is 7.84. The Balaban J connectivity index is 0.000000322. The van der Waals surface area contributed by atoms with Crippen molar-refractivity contribution < 1.29 is 30.0 Å². The number of hydrogen-bond donors (Lipinski definition) is 1. The van der Waals surface area contributed by atoms with Gasteiger partial charge in [0.15, 0.2) is 10.6 Å². The average Bonchev–Trinajstić information content (AvgIpc) is 3.28. The summed E-state index contributed by atoms with van der Waals surface area (Å²) in [6, 6.07) is 25.0. The Morgan fingerprint density at radius 2 is 1.49 bits per heavy atom. The molecule has 0 saturated heterocycles. The number of benzene rings is 3. The molecule has 1 radical (unpaired) electrons. The van der Waals surface area contributed by atoms with E-state index in [0.717, 1.165) is 69.3 Å². The second kappa shape index (κ2) is 17.1. The van der Waals surface area contributed by atoms with Crippen LogP contribution in [0, 0.1) is 22.7 Å². The topological polar surface area (TPSA) is 60.0 Å². The molecule has 0 aliphatic rings. The van der Waals surface area contributed by atoms with Crippen molar-refractivity contribution in [1.82, 2.24) is 14.1 Å². The summed E-state index contributed by atoms with van der Waals surface area (Å²) < 4.78 is 4.92. The van der Waals surface area contributed by atoms with Crippen LogP contribution in [0.4, 0.5) is 0 Å². The van der Waals surface area contributed by atoms with E-state index in [1.54, 1.807) is 0 Å². The second-order valence-corrected chi connectivity index (χ2v) is 12.7. The number of fused-ring (bicyclic) bond motifs is 2. The SMILES string of the molecule is CC(C)c1cc(-c2cc(-c3ccc4c(c3)n(C)c(=S)n4C)ccn2)[c-]c2ccccc12.CCC(CC)C(=O)/C=C(\O)C(CC)CC.[Ir]. The molecule has 0 amide bonds. The van der Waals surface area contributed by atoms with Gasteiger partial charge in [-0.15, -0.1) is 29.1 Å². The van der Waals surface area contributed by atoms with Gasteiger partial charge in [-0.2, -0.15) is 0 Å². The van der Waals surface area contributed by atoms with Crippen LogP contribution in [0.15, 0.2) is 78.7 Å². The number of allylic oxidation sites excluding steroid dienone is 2. The third-order valence-corrected chi connectivity index (χ3v) is 9.70. The van der Waals surface area contributed by atoms with Crippen molar-refractivity contribution in [3.63, 3.8) is 0 Å². The Kier molecular flexibility index (Phi) is 13.9. The van der Waals surface area contributed by atoms with Gasteiger partial charge in [0.25, 0.3) is 0 Å². The molecule has 251 valence electrons. The third kappa shape index (κ3) is 8.56. The molecular weight excluding hydrogens is 779 g/mol. The standard InChI is InChI=1S/C27H24N3S.C13H24O2.Ir/c1-17(2)23-14-21(13-20-7-5-6-8-22(20)23)24-15-19(11-12-28-24)18-9-10-25-26(16-18)30(4)27(31)29(25)3;1-5-10(6-2)12(14)9-13(15)11(7-3)8-4;/h5-12,14-17H,1-4H3;9-11,14H,5-8H2,1-4H3;/q-1;;/b;12-9-;. The molecule has 0 spiro atoms. The Hall–Kier alpha value is -3.38. The molecule has 0 atom stereocenters. The minimum Gasteiger partial charge on any atom is -0.512 e. The fourth-order valence-corrected chi connectivity index (χ4v) is 6.29. The maximum Gasteiger partial charge on any atom is 0.180 e. The average molecular weight is 827 g/mol. The zero-order valence-electron chi connectivity index (χ0n) is 28.9. The summed E-state index contributed by atoms with van der Waals surface area (Å²) in [7, 11) is 4.03. The van der Waals surface area contributed by atoms with Crippen LogP contribution in [0.25, 0.3) is 44.2 Å². The molecule has 0 aliphatic carbocycles. The number of aliphatic hydroxyl groups excluding tert-OH is 1. The van der Waals surface area contributed by atoms with Crippen LogP contribution in [-0.4, -0.2) is 25.0 Å². The largest absolute Gasteiger partial charge is 0.512 e. The van der Waals surface area contributed by atoms with Crippen LogP contribution in [0.1, 0.15) is 78.7 Å². The van der Waals surface area contributed by atoms with Gasteiger partial charge in [-0.25, -0.2) is 0 Å². The fourth-order valence-electron chi connectivity index (χ4n) is 6.10. The summed E-state index contributed by atoms with van der Waals surface area (Å²) >= 11 is 5.52. The number of pyridine rings is 1. The van der Waals surface area contributed by atoms with Crippen LogP contribution < -0.4 is 0 Å². The monoisotopic (exact) mass is 827 g/mol. The maximum absolute atomic E-state index is 11.7. The van der Waals surface area contributed by atoms with E-state index < -0.39 is 0 Å². The molecule has 47 heavy (non-hydrogen) atoms. The van der Waals surface area contributed by atoms with Crippen LogP contribution in [0.5, 0.6) is 0 Å². The molecule has 0 unspecified atom stereocenters. The Morgan fingerprint density at radius 1 is 0.872 bits per heavy atom. The molecule has 0 fully saturated rings. The summed E-state index contributed by atoms with van der Waals surface area (Å²) in [6.07, 6.45) is 6.79. The summed E-state index contributed by atoms with van der Waals surface area (Å²) in [6.45, 7) is 12.5. The summed E-state index contributed by atoms with van der Waals surface area (Å²) in [5.74, 6) is 0.973. The molecule has 5 rings (SSSR count). The number of rotatable bonds is 10. The summed E-state index contributed by atoms with van der Waals surface area (Å²) in [5, 5.41) is 12.2. The number of ketones is 1. The van der Waals surface area contributed by atoms with Crippen molar-refractivity contribution in [1.29, 1.82) is 0 Å². The van der Waals surface area contributed by atoms with Crippen molar-refractivity contribution >= 4 is 39.8 Å². The number of aliphatic hydroxyl groups is 1. The number of nitrogens with zero attached hydrogens (tertiary/aromatic N) is 3. The van der Waals surface area contributed by atoms with Gasteiger partial charge in [-0.05, 0) is 73.1 Å². The van der Waals surface area contributed by atoms with Crippen molar-refractivity contribution in [2.45, 2.75) is 73.1 Å². The van der Waals surface area contributed by atoms with Gasteiger partial charge >= 0.3 is 0 Å². The van der Waals surface area contributed by atoms with Crippen molar-refractivity contribution in [2.24, 2.45) is 25.9 Å². The molecule has 5 nitrogen and oxygen atoms in total. The number of aryl methyl sites for hydroxylation is 2. The zero-order chi connectivity index (χ0) is 33.5. The van der Waals surface area contributed by atoms with Crippen molar-refractivity contribution in [2.75, 3.05) is 0 Å². The molecule has 2 aromatic heterocycles. The molecule has 1 N–H and O–H groups in total. The van der Waals surface area contributed by atoms with Crippen LogP contribution in [0.3, 0.4) is 0 Å². The van der Waals surface area contributed by atoms with Gasteiger partial charge in [-0.3, -0.25) is 9.78 Å². The minimum absolute atomic E-state index is 0. The molecule has 2 heterocycles. The quantitative estimate of drug-likeness (QED) is 0.0659. The molecular formula is C40H48IrN3O2S-. The van der Waals surface area contributed by atoms with Gasteiger partial charge in [0.2, 0.25) is 0 Å². The predicted octanol–water partition coefficient (Wildman–Crippen LogP) is 10.9. The minimum atomic E-state index is 0. The number of imidazole rings is 1. The summed E-state index contributed by atoms with van der Waals surface area (Å²) in [4.78, 5) is 16.4. The van der Waals surface area contributed by atoms with Crippen LogP contribution in [-0.2, 0) is 39.0 Å². The number of aromatic nitrogens is 3. The van der Waals surface area contributed by atoms with Crippen LogP contribution >= 0.6 is 12.2 Å². The van der Waals surface area contributed by atoms with E-state index in [9.17, 15) is 9.90 Å². The fraction of sp³-hybridized carbons (Fsp3) is 0.375. The predicted molar refractivity (Wildman–Crippen MR) is 196 cm³/mol. The van der Waals surface area contributed by atoms with Crippen molar-refractivity contribution in [3.8, 4) is 22.4 Å². The molecule has 0 aliphatic heterocycles. The first-order valence-electron chi connectivity index (χ1n) is 16.6. The maximum atomic E-state index is 11.7. The third-order valence-electron chi connectivity index (χ3n) is 9.15. The van der Waals surface area contributed by atoms with E-state index in [-0.39, 0.29) is 43.5 Å². The first kappa shape index (κ1) is 38.1. The first-order chi connectivity index (χ1) is 22.0. The van der Waals surface area contributed by atoms with E-state index in [4.69, 9.17) is 12.2 Å². The van der Waals surface area contributed by atoms with Gasteiger partial charge < -0.3 is 14.2 Å². The molecule has 3 aromatic carbocycles. The Morgan fingerprint density at radius 3 is 2.13 bits per heavy atom. The molecule has 0 saturated carbocycles. The normalized spacial score (nSPS) is 11.7. The number of carbonyl (C=O) groups is 1. The molecule has 7 heteroatoms. The Labute approximate surface area is 299 Å². The van der Waals surface area contributed by atoms with Crippen molar-refractivity contribution in [3.05, 3.63) is 95.1 Å².